The van der Waals surface area contributed by atoms with Gasteiger partial charge in [0.25, 0.3) is 5.91 Å². The molecule has 2 N–H and O–H groups in total. The molecule has 3 rings (SSSR count). The van der Waals surface area contributed by atoms with Gasteiger partial charge >= 0.3 is 0 Å². The molecular formula is C19H20F2N2O2. The molecule has 0 unspecified atom stereocenters. The summed E-state index contributed by atoms with van der Waals surface area (Å²) in [7, 11) is 0. The minimum Gasteiger partial charge on any atom is -0.457 e. The summed E-state index contributed by atoms with van der Waals surface area (Å²) in [4.78, 5) is 14.4. The molecule has 2 aromatic rings. The molecule has 1 fully saturated rings. The average molecular weight is 346 g/mol. The highest BCUT2D eigenvalue weighted by Gasteiger charge is 2.27. The van der Waals surface area contributed by atoms with Crippen molar-refractivity contribution in [3.63, 3.8) is 0 Å². The maximum atomic E-state index is 13.2. The van der Waals surface area contributed by atoms with Crippen molar-refractivity contribution in [2.75, 3.05) is 6.54 Å². The van der Waals surface area contributed by atoms with Crippen molar-refractivity contribution in [1.82, 2.24) is 4.90 Å². The molecule has 4 nitrogen and oxygen atoms in total. The highest BCUT2D eigenvalue weighted by atomic mass is 19.2. The molecule has 0 bridgehead atoms. The second kappa shape index (κ2) is 7.19. The summed E-state index contributed by atoms with van der Waals surface area (Å²) >= 11 is 0. The van der Waals surface area contributed by atoms with Crippen LogP contribution in [0.15, 0.2) is 42.5 Å². The molecule has 0 aromatic heterocycles. The smallest absolute Gasteiger partial charge is 0.254 e. The third-order valence-corrected chi connectivity index (χ3v) is 4.41. The minimum absolute atomic E-state index is 0.0428. The highest BCUT2D eigenvalue weighted by Crippen LogP contribution is 2.25. The van der Waals surface area contributed by atoms with Gasteiger partial charge in [-0.2, -0.15) is 0 Å². The summed E-state index contributed by atoms with van der Waals surface area (Å²) in [5.74, 6) is -1.31. The van der Waals surface area contributed by atoms with Gasteiger partial charge in [0.15, 0.2) is 11.6 Å². The van der Waals surface area contributed by atoms with Gasteiger partial charge in [0.2, 0.25) is 0 Å². The molecule has 0 saturated carbocycles. The van der Waals surface area contributed by atoms with Gasteiger partial charge in [-0.05, 0) is 56.2 Å². The number of nitrogens with two attached hydrogens (primary N) is 1. The standard InChI is InChI=1S/C19H20F2N2O2/c1-12-10-14(22)8-9-23(12)19(24)13-2-4-15(5-3-13)25-16-6-7-17(20)18(21)11-16/h2-7,11-12,14H,8-10,22H2,1H3/t12-,14+/m0/s1. The molecule has 0 spiro atoms. The van der Waals surface area contributed by atoms with Crippen LogP contribution in [0.25, 0.3) is 0 Å². The fourth-order valence-corrected chi connectivity index (χ4v) is 3.02. The lowest BCUT2D eigenvalue weighted by atomic mass is 9.98. The lowest BCUT2D eigenvalue weighted by Crippen LogP contribution is -2.48. The van der Waals surface area contributed by atoms with Gasteiger partial charge in [-0.1, -0.05) is 0 Å². The number of hydrogen-bond donors (Lipinski definition) is 1. The van der Waals surface area contributed by atoms with Crippen LogP contribution in [0, 0.1) is 11.6 Å². The normalized spacial score (nSPS) is 20.4. The second-order valence-electron chi connectivity index (χ2n) is 6.33. The number of ether oxygens (including phenoxy) is 1. The first kappa shape index (κ1) is 17.4. The largest absolute Gasteiger partial charge is 0.457 e. The first-order valence-electron chi connectivity index (χ1n) is 8.23. The number of nitrogens with zero attached hydrogens (tertiary/aromatic N) is 1. The molecule has 1 amide bonds. The van der Waals surface area contributed by atoms with Crippen LogP contribution in [0.5, 0.6) is 11.5 Å². The van der Waals surface area contributed by atoms with Crippen LogP contribution < -0.4 is 10.5 Å². The zero-order valence-electron chi connectivity index (χ0n) is 13.9. The van der Waals surface area contributed by atoms with E-state index in [2.05, 4.69) is 0 Å². The number of likely N-dealkylation sites (tertiary alicyclic amines) is 1. The fraction of sp³-hybridized carbons (Fsp3) is 0.316. The zero-order chi connectivity index (χ0) is 18.0. The van der Waals surface area contributed by atoms with Gasteiger partial charge in [0.05, 0.1) is 0 Å². The van der Waals surface area contributed by atoms with E-state index in [-0.39, 0.29) is 23.7 Å². The molecule has 25 heavy (non-hydrogen) atoms. The van der Waals surface area contributed by atoms with Crippen molar-refractivity contribution in [3.05, 3.63) is 59.7 Å². The Morgan fingerprint density at radius 1 is 1.12 bits per heavy atom. The second-order valence-corrected chi connectivity index (χ2v) is 6.33. The van der Waals surface area contributed by atoms with Crippen LogP contribution in [-0.4, -0.2) is 29.4 Å². The molecule has 1 aliphatic rings. The maximum absolute atomic E-state index is 13.2. The number of rotatable bonds is 3. The van der Waals surface area contributed by atoms with E-state index in [0.29, 0.717) is 17.9 Å². The number of piperidine rings is 1. The summed E-state index contributed by atoms with van der Waals surface area (Å²) in [6, 6.07) is 10.2. The first-order chi connectivity index (χ1) is 11.9. The monoisotopic (exact) mass is 346 g/mol. The molecule has 1 saturated heterocycles. The van der Waals surface area contributed by atoms with Crippen LogP contribution in [0.4, 0.5) is 8.78 Å². The molecule has 1 heterocycles. The van der Waals surface area contributed by atoms with E-state index < -0.39 is 11.6 Å². The number of hydrogen-bond acceptors (Lipinski definition) is 3. The van der Waals surface area contributed by atoms with Gasteiger partial charge < -0.3 is 15.4 Å². The van der Waals surface area contributed by atoms with Crippen molar-refractivity contribution in [3.8, 4) is 11.5 Å². The van der Waals surface area contributed by atoms with Crippen LogP contribution in [0.3, 0.4) is 0 Å². The minimum atomic E-state index is -0.971. The van der Waals surface area contributed by atoms with Gasteiger partial charge in [-0.3, -0.25) is 4.79 Å². The maximum Gasteiger partial charge on any atom is 0.254 e. The molecule has 132 valence electrons. The third-order valence-electron chi connectivity index (χ3n) is 4.41. The van der Waals surface area contributed by atoms with Gasteiger partial charge in [0, 0.05) is 30.3 Å². The number of carbonyl (C=O) groups is 1. The predicted octanol–water partition coefficient (Wildman–Crippen LogP) is 3.71. The SMILES string of the molecule is C[C@H]1C[C@H](N)CCN1C(=O)c1ccc(Oc2ccc(F)c(F)c2)cc1. The van der Waals surface area contributed by atoms with Crippen molar-refractivity contribution < 1.29 is 18.3 Å². The Balaban J connectivity index is 1.69. The quantitative estimate of drug-likeness (QED) is 0.922. The van der Waals surface area contributed by atoms with Crippen molar-refractivity contribution in [1.29, 1.82) is 0 Å². The fourth-order valence-electron chi connectivity index (χ4n) is 3.02. The summed E-state index contributed by atoms with van der Waals surface area (Å²) in [6.07, 6.45) is 1.59. The topological polar surface area (TPSA) is 55.6 Å². The van der Waals surface area contributed by atoms with Crippen molar-refractivity contribution in [2.45, 2.75) is 31.8 Å². The Labute approximate surface area is 145 Å². The van der Waals surface area contributed by atoms with Crippen LogP contribution in [0.1, 0.15) is 30.1 Å². The van der Waals surface area contributed by atoms with Crippen LogP contribution in [-0.2, 0) is 0 Å². The van der Waals surface area contributed by atoms with Gasteiger partial charge in [0.1, 0.15) is 11.5 Å². The van der Waals surface area contributed by atoms with E-state index in [0.717, 1.165) is 25.0 Å². The predicted molar refractivity (Wildman–Crippen MR) is 90.6 cm³/mol. The Hall–Kier alpha value is -2.47. The zero-order valence-corrected chi connectivity index (χ0v) is 13.9. The molecule has 6 heteroatoms. The third kappa shape index (κ3) is 3.96. The summed E-state index contributed by atoms with van der Waals surface area (Å²) in [5.41, 5.74) is 6.49. The molecule has 0 radical (unpaired) electrons. The Kier molecular flexibility index (Phi) is 4.99. The van der Waals surface area contributed by atoms with Crippen molar-refractivity contribution >= 4 is 5.91 Å². The van der Waals surface area contributed by atoms with E-state index in [4.69, 9.17) is 10.5 Å². The summed E-state index contributed by atoms with van der Waals surface area (Å²) in [5, 5.41) is 0. The Bertz CT molecular complexity index is 765. The van der Waals surface area contributed by atoms with E-state index in [1.54, 1.807) is 24.3 Å². The molecular weight excluding hydrogens is 326 g/mol. The Morgan fingerprint density at radius 2 is 1.80 bits per heavy atom. The molecule has 2 atom stereocenters. The van der Waals surface area contributed by atoms with E-state index in [1.807, 2.05) is 11.8 Å². The summed E-state index contributed by atoms with van der Waals surface area (Å²) in [6.45, 7) is 2.64. The van der Waals surface area contributed by atoms with Gasteiger partial charge in [-0.25, -0.2) is 8.78 Å². The number of carbonyl (C=O) groups excluding carboxylic acids is 1. The van der Waals surface area contributed by atoms with Gasteiger partial charge in [-0.15, -0.1) is 0 Å². The lowest BCUT2D eigenvalue weighted by Gasteiger charge is -2.36. The van der Waals surface area contributed by atoms with Crippen LogP contribution >= 0.6 is 0 Å². The number of benzene rings is 2. The number of amides is 1. The average Bonchev–Trinajstić information content (AvgIpc) is 2.58. The lowest BCUT2D eigenvalue weighted by molar-refractivity contribution is 0.0619. The van der Waals surface area contributed by atoms with E-state index in [9.17, 15) is 13.6 Å². The van der Waals surface area contributed by atoms with Crippen LogP contribution in [0.2, 0.25) is 0 Å². The van der Waals surface area contributed by atoms with E-state index in [1.165, 1.54) is 6.07 Å². The Morgan fingerprint density at radius 3 is 2.44 bits per heavy atom. The number of halogens is 2. The van der Waals surface area contributed by atoms with Crippen molar-refractivity contribution in [2.24, 2.45) is 5.73 Å². The molecule has 1 aliphatic heterocycles. The first-order valence-corrected chi connectivity index (χ1v) is 8.23. The molecule has 2 aromatic carbocycles. The molecule has 0 aliphatic carbocycles. The highest BCUT2D eigenvalue weighted by molar-refractivity contribution is 5.94. The summed E-state index contributed by atoms with van der Waals surface area (Å²) < 4.78 is 31.6. The van der Waals surface area contributed by atoms with E-state index >= 15 is 0 Å².